The first-order chi connectivity index (χ1) is 7.83. The van der Waals surface area contributed by atoms with Crippen molar-refractivity contribution in [3.05, 3.63) is 24.5 Å². The third kappa shape index (κ3) is 5.68. The van der Waals surface area contributed by atoms with Crippen LogP contribution < -0.4 is 10.1 Å². The van der Waals surface area contributed by atoms with Gasteiger partial charge in [0.2, 0.25) is 0 Å². The van der Waals surface area contributed by atoms with Crippen LogP contribution >= 0.6 is 0 Å². The zero-order valence-electron chi connectivity index (χ0n) is 9.98. The molecule has 0 saturated heterocycles. The minimum Gasteiger partial charge on any atom is -0.491 e. The van der Waals surface area contributed by atoms with Crippen LogP contribution in [0.4, 0.5) is 0 Å². The number of aromatic nitrogens is 1. The summed E-state index contributed by atoms with van der Waals surface area (Å²) in [5.74, 6) is 0.814. The van der Waals surface area contributed by atoms with Crippen molar-refractivity contribution in [2.45, 2.75) is 19.4 Å². The lowest BCUT2D eigenvalue weighted by atomic mass is 10.2. The number of nitrogens with zero attached hydrogens (tertiary/aromatic N) is 1. The van der Waals surface area contributed by atoms with Crippen molar-refractivity contribution in [1.29, 1.82) is 0 Å². The van der Waals surface area contributed by atoms with Crippen molar-refractivity contribution in [3.8, 4) is 5.75 Å². The van der Waals surface area contributed by atoms with Gasteiger partial charge in [-0.1, -0.05) is 0 Å². The van der Waals surface area contributed by atoms with E-state index in [9.17, 15) is 0 Å². The summed E-state index contributed by atoms with van der Waals surface area (Å²) < 4.78 is 10.5. The van der Waals surface area contributed by atoms with E-state index in [4.69, 9.17) is 9.47 Å². The second-order valence-electron chi connectivity index (χ2n) is 3.67. The van der Waals surface area contributed by atoms with E-state index in [1.165, 1.54) is 0 Å². The molecule has 1 heterocycles. The topological polar surface area (TPSA) is 43.4 Å². The monoisotopic (exact) mass is 224 g/mol. The fraction of sp³-hybridized carbons (Fsp3) is 0.583. The van der Waals surface area contributed by atoms with Crippen LogP contribution in [0.3, 0.4) is 0 Å². The number of nitrogens with one attached hydrogen (secondary N) is 1. The van der Waals surface area contributed by atoms with Crippen LogP contribution in [0.5, 0.6) is 5.75 Å². The van der Waals surface area contributed by atoms with Gasteiger partial charge in [-0.15, -0.1) is 0 Å². The van der Waals surface area contributed by atoms with Gasteiger partial charge in [0.05, 0.1) is 6.20 Å². The van der Waals surface area contributed by atoms with E-state index in [0.717, 1.165) is 25.3 Å². The molecular formula is C12H20N2O2. The average molecular weight is 224 g/mol. The standard InChI is InChI=1S/C12H20N2O2/c1-11(5-8-15-2)14-7-9-16-12-4-3-6-13-10-12/h3-4,6,10-11,14H,5,7-9H2,1-2H3. The Morgan fingerprint density at radius 3 is 3.00 bits per heavy atom. The fourth-order valence-corrected chi connectivity index (χ4v) is 1.30. The molecule has 0 saturated carbocycles. The number of hydrogen-bond donors (Lipinski definition) is 1. The van der Waals surface area contributed by atoms with E-state index in [0.29, 0.717) is 12.6 Å². The lowest BCUT2D eigenvalue weighted by Crippen LogP contribution is -2.31. The van der Waals surface area contributed by atoms with Crippen LogP contribution in [-0.4, -0.2) is 37.9 Å². The third-order valence-corrected chi connectivity index (χ3v) is 2.25. The summed E-state index contributed by atoms with van der Waals surface area (Å²) in [6.45, 7) is 4.42. The largest absolute Gasteiger partial charge is 0.491 e. The Hall–Kier alpha value is -1.13. The van der Waals surface area contributed by atoms with Crippen molar-refractivity contribution in [3.63, 3.8) is 0 Å². The Bertz CT molecular complexity index is 267. The molecule has 0 bridgehead atoms. The van der Waals surface area contributed by atoms with Gasteiger partial charge in [-0.3, -0.25) is 4.98 Å². The Balaban J connectivity index is 2.03. The van der Waals surface area contributed by atoms with Crippen molar-refractivity contribution in [2.75, 3.05) is 26.9 Å². The van der Waals surface area contributed by atoms with Gasteiger partial charge in [-0.05, 0) is 25.5 Å². The van der Waals surface area contributed by atoms with Gasteiger partial charge in [-0.2, -0.15) is 0 Å². The van der Waals surface area contributed by atoms with Crippen molar-refractivity contribution in [1.82, 2.24) is 10.3 Å². The molecule has 90 valence electrons. The molecule has 0 aliphatic carbocycles. The predicted octanol–water partition coefficient (Wildman–Crippen LogP) is 1.47. The van der Waals surface area contributed by atoms with E-state index < -0.39 is 0 Å². The predicted molar refractivity (Wildman–Crippen MR) is 63.7 cm³/mol. The summed E-state index contributed by atoms with van der Waals surface area (Å²) in [4.78, 5) is 3.98. The van der Waals surface area contributed by atoms with Crippen molar-refractivity contribution in [2.24, 2.45) is 0 Å². The van der Waals surface area contributed by atoms with E-state index in [1.54, 1.807) is 19.5 Å². The maximum atomic E-state index is 5.50. The summed E-state index contributed by atoms with van der Waals surface area (Å²) >= 11 is 0. The summed E-state index contributed by atoms with van der Waals surface area (Å²) in [6, 6.07) is 4.23. The molecule has 0 fully saturated rings. The minimum atomic E-state index is 0.456. The highest BCUT2D eigenvalue weighted by Crippen LogP contribution is 2.05. The summed E-state index contributed by atoms with van der Waals surface area (Å²) in [5, 5.41) is 3.36. The molecule has 4 heteroatoms. The minimum absolute atomic E-state index is 0.456. The lowest BCUT2D eigenvalue weighted by Gasteiger charge is -2.13. The maximum Gasteiger partial charge on any atom is 0.137 e. The molecule has 0 amide bonds. The van der Waals surface area contributed by atoms with Crippen LogP contribution in [0.2, 0.25) is 0 Å². The maximum absolute atomic E-state index is 5.50. The number of hydrogen-bond acceptors (Lipinski definition) is 4. The van der Waals surface area contributed by atoms with Crippen LogP contribution in [0, 0.1) is 0 Å². The molecule has 0 spiro atoms. The number of methoxy groups -OCH3 is 1. The molecule has 1 N–H and O–H groups in total. The van der Waals surface area contributed by atoms with Gasteiger partial charge >= 0.3 is 0 Å². The van der Waals surface area contributed by atoms with Crippen molar-refractivity contribution >= 4 is 0 Å². The van der Waals surface area contributed by atoms with Gasteiger partial charge in [0, 0.05) is 32.5 Å². The molecule has 0 aromatic carbocycles. The van der Waals surface area contributed by atoms with Crippen LogP contribution in [-0.2, 0) is 4.74 Å². The van der Waals surface area contributed by atoms with Gasteiger partial charge in [0.25, 0.3) is 0 Å². The Kier molecular flexibility index (Phi) is 6.53. The summed E-state index contributed by atoms with van der Waals surface area (Å²) in [5.41, 5.74) is 0. The van der Waals surface area contributed by atoms with E-state index >= 15 is 0 Å². The molecule has 1 unspecified atom stereocenters. The molecule has 0 aliphatic heterocycles. The summed E-state index contributed by atoms with van der Waals surface area (Å²) in [7, 11) is 1.72. The van der Waals surface area contributed by atoms with Crippen LogP contribution in [0.1, 0.15) is 13.3 Å². The SMILES string of the molecule is COCCC(C)NCCOc1cccnc1. The highest BCUT2D eigenvalue weighted by molar-refractivity contribution is 5.15. The van der Waals surface area contributed by atoms with Gasteiger partial charge in [0.15, 0.2) is 0 Å². The molecule has 0 radical (unpaired) electrons. The first-order valence-electron chi connectivity index (χ1n) is 5.58. The van der Waals surface area contributed by atoms with Crippen LogP contribution in [0.25, 0.3) is 0 Å². The third-order valence-electron chi connectivity index (χ3n) is 2.25. The molecule has 4 nitrogen and oxygen atoms in total. The first-order valence-corrected chi connectivity index (χ1v) is 5.58. The number of rotatable bonds is 8. The second-order valence-corrected chi connectivity index (χ2v) is 3.67. The zero-order valence-corrected chi connectivity index (χ0v) is 9.98. The Morgan fingerprint density at radius 1 is 1.44 bits per heavy atom. The van der Waals surface area contributed by atoms with Crippen LogP contribution in [0.15, 0.2) is 24.5 Å². The smallest absolute Gasteiger partial charge is 0.137 e. The van der Waals surface area contributed by atoms with E-state index in [1.807, 2.05) is 12.1 Å². The quantitative estimate of drug-likeness (QED) is 0.679. The lowest BCUT2D eigenvalue weighted by molar-refractivity contribution is 0.183. The van der Waals surface area contributed by atoms with E-state index in [2.05, 4.69) is 17.2 Å². The molecular weight excluding hydrogens is 204 g/mol. The Labute approximate surface area is 97.0 Å². The Morgan fingerprint density at radius 2 is 2.31 bits per heavy atom. The molecule has 16 heavy (non-hydrogen) atoms. The molecule has 0 aliphatic rings. The zero-order chi connectivity index (χ0) is 11.6. The van der Waals surface area contributed by atoms with Gasteiger partial charge in [-0.25, -0.2) is 0 Å². The highest BCUT2D eigenvalue weighted by Gasteiger charge is 2.00. The fourth-order valence-electron chi connectivity index (χ4n) is 1.30. The van der Waals surface area contributed by atoms with E-state index in [-0.39, 0.29) is 0 Å². The molecule has 1 aromatic rings. The van der Waals surface area contributed by atoms with Gasteiger partial charge in [0.1, 0.15) is 12.4 Å². The average Bonchev–Trinajstić information content (AvgIpc) is 2.33. The first kappa shape index (κ1) is 12.9. The van der Waals surface area contributed by atoms with Gasteiger partial charge < -0.3 is 14.8 Å². The number of pyridine rings is 1. The number of ether oxygens (including phenoxy) is 2. The van der Waals surface area contributed by atoms with Crippen molar-refractivity contribution < 1.29 is 9.47 Å². The molecule has 1 atom stereocenters. The normalized spacial score (nSPS) is 12.4. The summed E-state index contributed by atoms with van der Waals surface area (Å²) in [6.07, 6.45) is 4.47. The molecule has 1 rings (SSSR count). The second kappa shape index (κ2) is 8.07. The molecule has 1 aromatic heterocycles. The highest BCUT2D eigenvalue weighted by atomic mass is 16.5.